The first kappa shape index (κ1) is 17.0. The summed E-state index contributed by atoms with van der Waals surface area (Å²) >= 11 is 0. The summed E-state index contributed by atoms with van der Waals surface area (Å²) in [7, 11) is 1.54. The van der Waals surface area contributed by atoms with Crippen molar-refractivity contribution in [3.05, 3.63) is 23.9 Å². The molecule has 0 saturated carbocycles. The van der Waals surface area contributed by atoms with Gasteiger partial charge in [-0.1, -0.05) is 0 Å². The van der Waals surface area contributed by atoms with Gasteiger partial charge in [0.25, 0.3) is 0 Å². The third-order valence-electron chi connectivity index (χ3n) is 2.30. The van der Waals surface area contributed by atoms with E-state index in [9.17, 15) is 13.2 Å². The lowest BCUT2D eigenvalue weighted by molar-refractivity contribution is -0.139. The molecule has 6 nitrogen and oxygen atoms in total. The largest absolute Gasteiger partial charge is 0.475 e. The first-order chi connectivity index (χ1) is 9.95. The molecule has 0 atom stereocenters. The molecule has 0 fully saturated rings. The van der Waals surface area contributed by atoms with Gasteiger partial charge in [0.05, 0.1) is 19.7 Å². The second kappa shape index (κ2) is 8.30. The van der Waals surface area contributed by atoms with E-state index in [2.05, 4.69) is 15.3 Å². The molecule has 1 aromatic rings. The highest BCUT2D eigenvalue weighted by molar-refractivity contribution is 5.77. The monoisotopic (exact) mass is 306 g/mol. The number of aromatic nitrogens is 1. The molecule has 0 aliphatic heterocycles. The molecule has 9 heteroatoms. The molecule has 0 aromatic carbocycles. The van der Waals surface area contributed by atoms with Gasteiger partial charge in [-0.05, 0) is 12.1 Å². The molecular weight excluding hydrogens is 289 g/mol. The highest BCUT2D eigenvalue weighted by atomic mass is 19.4. The summed E-state index contributed by atoms with van der Waals surface area (Å²) < 4.78 is 47.8. The fourth-order valence-electron chi connectivity index (χ4n) is 1.36. The Hall–Kier alpha value is -2.03. The van der Waals surface area contributed by atoms with E-state index in [4.69, 9.17) is 15.2 Å². The van der Waals surface area contributed by atoms with Crippen molar-refractivity contribution in [1.82, 2.24) is 10.3 Å². The van der Waals surface area contributed by atoms with E-state index < -0.39 is 17.6 Å². The van der Waals surface area contributed by atoms with Gasteiger partial charge in [0, 0.05) is 13.3 Å². The molecule has 1 heterocycles. The van der Waals surface area contributed by atoms with Crippen LogP contribution < -0.4 is 15.8 Å². The van der Waals surface area contributed by atoms with E-state index >= 15 is 0 Å². The molecule has 0 radical (unpaired) electrons. The lowest BCUT2D eigenvalue weighted by Gasteiger charge is -2.12. The molecule has 0 aliphatic rings. The van der Waals surface area contributed by atoms with Crippen LogP contribution in [0.25, 0.3) is 0 Å². The van der Waals surface area contributed by atoms with Gasteiger partial charge in [-0.3, -0.25) is 4.99 Å². The molecule has 0 bridgehead atoms. The average Bonchev–Trinajstić information content (AvgIpc) is 2.43. The van der Waals surface area contributed by atoms with Gasteiger partial charge in [-0.25, -0.2) is 4.98 Å². The number of hydrogen-bond acceptors (Lipinski definition) is 4. The Bertz CT molecular complexity index is 466. The molecule has 0 aliphatic carbocycles. The average molecular weight is 306 g/mol. The van der Waals surface area contributed by atoms with Gasteiger partial charge in [-0.15, -0.1) is 0 Å². The standard InChI is InChI=1S/C12H17F3N4O2/c1-20-7-5-18-11(16)19-6-8-21-10-9(12(13,14)15)3-2-4-17-10/h2-4H,5-8H2,1H3,(H3,16,18,19). The van der Waals surface area contributed by atoms with Crippen molar-refractivity contribution in [1.29, 1.82) is 0 Å². The number of alkyl halides is 3. The summed E-state index contributed by atoms with van der Waals surface area (Å²) in [5, 5.41) is 2.71. The normalized spacial score (nSPS) is 12.3. The molecule has 21 heavy (non-hydrogen) atoms. The SMILES string of the molecule is COCCN=C(N)NCCOc1ncccc1C(F)(F)F. The maximum Gasteiger partial charge on any atom is 0.421 e. The predicted molar refractivity (Wildman–Crippen MR) is 71.1 cm³/mol. The highest BCUT2D eigenvalue weighted by Crippen LogP contribution is 2.34. The fourth-order valence-corrected chi connectivity index (χ4v) is 1.36. The van der Waals surface area contributed by atoms with E-state index in [1.807, 2.05) is 0 Å². The number of pyridine rings is 1. The molecular formula is C12H17F3N4O2. The van der Waals surface area contributed by atoms with Gasteiger partial charge in [0.15, 0.2) is 5.96 Å². The smallest absolute Gasteiger partial charge is 0.421 e. The molecule has 0 unspecified atom stereocenters. The number of nitrogens with two attached hydrogens (primary N) is 1. The third-order valence-corrected chi connectivity index (χ3v) is 2.30. The Morgan fingerprint density at radius 3 is 2.86 bits per heavy atom. The zero-order valence-corrected chi connectivity index (χ0v) is 11.5. The minimum atomic E-state index is -4.50. The molecule has 0 saturated heterocycles. The lowest BCUT2D eigenvalue weighted by Crippen LogP contribution is -2.35. The van der Waals surface area contributed by atoms with Crippen molar-refractivity contribution >= 4 is 5.96 Å². The maximum absolute atomic E-state index is 12.7. The van der Waals surface area contributed by atoms with Crippen molar-refractivity contribution in [2.75, 3.05) is 33.4 Å². The molecule has 0 spiro atoms. The summed E-state index contributed by atoms with van der Waals surface area (Å²) in [4.78, 5) is 7.50. The third kappa shape index (κ3) is 6.30. The fraction of sp³-hybridized carbons (Fsp3) is 0.500. The predicted octanol–water partition coefficient (Wildman–Crippen LogP) is 1.03. The number of rotatable bonds is 7. The van der Waals surface area contributed by atoms with Crippen molar-refractivity contribution in [2.45, 2.75) is 6.18 Å². The minimum absolute atomic E-state index is 0.0272. The first-order valence-corrected chi connectivity index (χ1v) is 6.13. The van der Waals surface area contributed by atoms with Crippen LogP contribution in [0, 0.1) is 0 Å². The van der Waals surface area contributed by atoms with Crippen LogP contribution in [0.15, 0.2) is 23.3 Å². The molecule has 118 valence electrons. The van der Waals surface area contributed by atoms with Crippen molar-refractivity contribution in [3.8, 4) is 5.88 Å². The number of hydrogen-bond donors (Lipinski definition) is 2. The molecule has 1 aromatic heterocycles. The number of methoxy groups -OCH3 is 1. The van der Waals surface area contributed by atoms with Gasteiger partial charge >= 0.3 is 6.18 Å². The zero-order chi connectivity index (χ0) is 15.7. The van der Waals surface area contributed by atoms with Crippen LogP contribution in [-0.4, -0.2) is 44.4 Å². The summed E-state index contributed by atoms with van der Waals surface area (Å²) in [6, 6.07) is 2.12. The number of nitrogens with one attached hydrogen (secondary N) is 1. The highest BCUT2D eigenvalue weighted by Gasteiger charge is 2.34. The second-order valence-electron chi connectivity index (χ2n) is 3.89. The quantitative estimate of drug-likeness (QED) is 0.447. The van der Waals surface area contributed by atoms with E-state index in [1.54, 1.807) is 0 Å². The van der Waals surface area contributed by atoms with Crippen molar-refractivity contribution in [3.63, 3.8) is 0 Å². The Balaban J connectivity index is 2.42. The van der Waals surface area contributed by atoms with E-state index in [-0.39, 0.29) is 19.1 Å². The maximum atomic E-state index is 12.7. The van der Waals surface area contributed by atoms with Crippen LogP contribution in [0.1, 0.15) is 5.56 Å². The van der Waals surface area contributed by atoms with Gasteiger partial charge < -0.3 is 20.5 Å². The zero-order valence-electron chi connectivity index (χ0n) is 11.5. The Kier molecular flexibility index (Phi) is 6.73. The van der Waals surface area contributed by atoms with Crippen molar-refractivity contribution in [2.24, 2.45) is 10.7 Å². The molecule has 0 amide bonds. The number of halogens is 3. The first-order valence-electron chi connectivity index (χ1n) is 6.13. The Labute approximate surface area is 120 Å². The van der Waals surface area contributed by atoms with Crippen LogP contribution in [-0.2, 0) is 10.9 Å². The van der Waals surface area contributed by atoms with Crippen LogP contribution in [0.2, 0.25) is 0 Å². The Morgan fingerprint density at radius 1 is 1.43 bits per heavy atom. The Morgan fingerprint density at radius 2 is 2.19 bits per heavy atom. The summed E-state index contributed by atoms with van der Waals surface area (Å²) in [6.07, 6.45) is -3.27. The summed E-state index contributed by atoms with van der Waals surface area (Å²) in [5.41, 5.74) is 4.61. The number of ether oxygens (including phenoxy) is 2. The number of aliphatic imine (C=N–C) groups is 1. The number of nitrogens with zero attached hydrogens (tertiary/aromatic N) is 2. The lowest BCUT2D eigenvalue weighted by atomic mass is 10.2. The second-order valence-corrected chi connectivity index (χ2v) is 3.89. The van der Waals surface area contributed by atoms with Gasteiger partial charge in [-0.2, -0.15) is 13.2 Å². The van der Waals surface area contributed by atoms with Gasteiger partial charge in [0.1, 0.15) is 12.2 Å². The van der Waals surface area contributed by atoms with Crippen molar-refractivity contribution < 1.29 is 22.6 Å². The van der Waals surface area contributed by atoms with Gasteiger partial charge in [0.2, 0.25) is 5.88 Å². The molecule has 1 rings (SSSR count). The molecule has 3 N–H and O–H groups in total. The minimum Gasteiger partial charge on any atom is -0.475 e. The number of guanidine groups is 1. The van der Waals surface area contributed by atoms with Crippen LogP contribution in [0.5, 0.6) is 5.88 Å². The van der Waals surface area contributed by atoms with E-state index in [0.29, 0.717) is 13.2 Å². The topological polar surface area (TPSA) is 81.8 Å². The van der Waals surface area contributed by atoms with Crippen LogP contribution in [0.3, 0.4) is 0 Å². The van der Waals surface area contributed by atoms with Crippen LogP contribution >= 0.6 is 0 Å². The summed E-state index contributed by atoms with van der Waals surface area (Å²) in [6.45, 7) is 1.01. The van der Waals surface area contributed by atoms with Crippen LogP contribution in [0.4, 0.5) is 13.2 Å². The van der Waals surface area contributed by atoms with E-state index in [1.165, 1.54) is 19.4 Å². The van der Waals surface area contributed by atoms with E-state index in [0.717, 1.165) is 6.07 Å². The summed E-state index contributed by atoms with van der Waals surface area (Å²) in [5.74, 6) is -0.283.